The van der Waals surface area contributed by atoms with Crippen molar-refractivity contribution in [2.24, 2.45) is 0 Å². The Morgan fingerprint density at radius 2 is 1.92 bits per heavy atom. The van der Waals surface area contributed by atoms with Gasteiger partial charge in [-0.05, 0) is 24.3 Å². The molecule has 0 fully saturated rings. The van der Waals surface area contributed by atoms with E-state index in [9.17, 15) is 18.0 Å². The number of hydrogen-bond acceptors (Lipinski definition) is 2. The SMILES string of the molecule is COc1ccccc1CNC(=O)Nc1cc(C(F)(F)F)ccc1Cl. The smallest absolute Gasteiger partial charge is 0.416 e. The summed E-state index contributed by atoms with van der Waals surface area (Å²) in [6.45, 7) is 0.145. The van der Waals surface area contributed by atoms with Gasteiger partial charge in [0.1, 0.15) is 5.75 Å². The molecule has 4 nitrogen and oxygen atoms in total. The van der Waals surface area contributed by atoms with Gasteiger partial charge in [-0.2, -0.15) is 13.2 Å². The van der Waals surface area contributed by atoms with Crippen molar-refractivity contribution in [1.82, 2.24) is 5.32 Å². The Kier molecular flexibility index (Phi) is 5.56. The highest BCUT2D eigenvalue weighted by molar-refractivity contribution is 6.33. The van der Waals surface area contributed by atoms with Gasteiger partial charge in [-0.15, -0.1) is 0 Å². The molecular formula is C16H14ClF3N2O2. The molecule has 2 amide bonds. The number of alkyl halides is 3. The zero-order valence-electron chi connectivity index (χ0n) is 12.6. The van der Waals surface area contributed by atoms with E-state index >= 15 is 0 Å². The molecule has 0 aliphatic heterocycles. The predicted octanol–water partition coefficient (Wildman–Crippen LogP) is 4.69. The first kappa shape index (κ1) is 17.9. The van der Waals surface area contributed by atoms with Crippen molar-refractivity contribution in [3.05, 3.63) is 58.6 Å². The summed E-state index contributed by atoms with van der Waals surface area (Å²) in [7, 11) is 1.50. The van der Waals surface area contributed by atoms with Gasteiger partial charge in [-0.25, -0.2) is 4.79 Å². The number of nitrogens with one attached hydrogen (secondary N) is 2. The molecule has 0 saturated carbocycles. The van der Waals surface area contributed by atoms with Crippen LogP contribution in [0.5, 0.6) is 5.75 Å². The van der Waals surface area contributed by atoms with Gasteiger partial charge in [-0.1, -0.05) is 29.8 Å². The standard InChI is InChI=1S/C16H14ClF3N2O2/c1-24-14-5-3-2-4-10(14)9-21-15(23)22-13-8-11(16(18,19)20)6-7-12(13)17/h2-8H,9H2,1H3,(H2,21,22,23). The molecular weight excluding hydrogens is 345 g/mol. The summed E-state index contributed by atoms with van der Waals surface area (Å²) >= 11 is 5.83. The number of amides is 2. The number of ether oxygens (including phenoxy) is 1. The van der Waals surface area contributed by atoms with E-state index < -0.39 is 17.8 Å². The Labute approximate surface area is 141 Å². The number of rotatable bonds is 4. The normalized spacial score (nSPS) is 11.0. The van der Waals surface area contributed by atoms with Crippen LogP contribution in [0.4, 0.5) is 23.7 Å². The van der Waals surface area contributed by atoms with Crippen LogP contribution >= 0.6 is 11.6 Å². The van der Waals surface area contributed by atoms with Crippen molar-refractivity contribution in [1.29, 1.82) is 0 Å². The minimum Gasteiger partial charge on any atom is -0.496 e. The van der Waals surface area contributed by atoms with Crippen molar-refractivity contribution in [2.75, 3.05) is 12.4 Å². The van der Waals surface area contributed by atoms with Crippen LogP contribution in [0, 0.1) is 0 Å². The molecule has 0 spiro atoms. The summed E-state index contributed by atoms with van der Waals surface area (Å²) in [6.07, 6.45) is -4.52. The lowest BCUT2D eigenvalue weighted by Gasteiger charge is -2.13. The molecule has 2 rings (SSSR count). The molecule has 0 heterocycles. The second-order valence-electron chi connectivity index (χ2n) is 4.81. The van der Waals surface area contributed by atoms with Gasteiger partial charge in [0.2, 0.25) is 0 Å². The molecule has 2 N–H and O–H groups in total. The monoisotopic (exact) mass is 358 g/mol. The van der Waals surface area contributed by atoms with Crippen molar-refractivity contribution in [3.63, 3.8) is 0 Å². The molecule has 0 aromatic heterocycles. The van der Waals surface area contributed by atoms with E-state index in [4.69, 9.17) is 16.3 Å². The lowest BCUT2D eigenvalue weighted by atomic mass is 10.2. The maximum Gasteiger partial charge on any atom is 0.416 e. The third kappa shape index (κ3) is 4.55. The number of carbonyl (C=O) groups excluding carboxylic acids is 1. The third-order valence-electron chi connectivity index (χ3n) is 3.17. The highest BCUT2D eigenvalue weighted by Gasteiger charge is 2.31. The van der Waals surface area contributed by atoms with Crippen LogP contribution in [0.15, 0.2) is 42.5 Å². The van der Waals surface area contributed by atoms with Gasteiger partial charge in [0, 0.05) is 12.1 Å². The molecule has 0 radical (unpaired) electrons. The number of hydrogen-bond donors (Lipinski definition) is 2. The summed E-state index contributed by atoms with van der Waals surface area (Å²) in [4.78, 5) is 11.9. The van der Waals surface area contributed by atoms with E-state index in [-0.39, 0.29) is 17.3 Å². The number of carbonyl (C=O) groups is 1. The number of para-hydroxylation sites is 1. The molecule has 0 atom stereocenters. The second kappa shape index (κ2) is 7.44. The first-order valence-electron chi connectivity index (χ1n) is 6.84. The minimum atomic E-state index is -4.52. The number of urea groups is 1. The number of anilines is 1. The van der Waals surface area contributed by atoms with E-state index in [0.29, 0.717) is 5.75 Å². The van der Waals surface area contributed by atoms with E-state index in [1.54, 1.807) is 24.3 Å². The van der Waals surface area contributed by atoms with Gasteiger partial charge >= 0.3 is 12.2 Å². The summed E-state index contributed by atoms with van der Waals surface area (Å²) in [6, 6.07) is 9.09. The Morgan fingerprint density at radius 1 is 1.21 bits per heavy atom. The molecule has 2 aromatic carbocycles. The third-order valence-corrected chi connectivity index (χ3v) is 3.50. The van der Waals surface area contributed by atoms with E-state index in [2.05, 4.69) is 10.6 Å². The van der Waals surface area contributed by atoms with Crippen molar-refractivity contribution < 1.29 is 22.7 Å². The van der Waals surface area contributed by atoms with E-state index in [0.717, 1.165) is 23.8 Å². The van der Waals surface area contributed by atoms with Gasteiger partial charge in [0.05, 0.1) is 23.4 Å². The highest BCUT2D eigenvalue weighted by Crippen LogP contribution is 2.33. The van der Waals surface area contributed by atoms with Gasteiger partial charge < -0.3 is 15.4 Å². The van der Waals surface area contributed by atoms with Crippen LogP contribution < -0.4 is 15.4 Å². The molecule has 2 aromatic rings. The van der Waals surface area contributed by atoms with Crippen LogP contribution in [0.1, 0.15) is 11.1 Å². The fourth-order valence-corrected chi connectivity index (χ4v) is 2.15. The molecule has 0 saturated heterocycles. The van der Waals surface area contributed by atoms with Gasteiger partial charge in [0.15, 0.2) is 0 Å². The summed E-state index contributed by atoms with van der Waals surface area (Å²) < 4.78 is 43.3. The Balaban J connectivity index is 2.05. The quantitative estimate of drug-likeness (QED) is 0.833. The molecule has 0 unspecified atom stereocenters. The topological polar surface area (TPSA) is 50.4 Å². The van der Waals surface area contributed by atoms with Crippen LogP contribution in [0.25, 0.3) is 0 Å². The number of benzene rings is 2. The number of methoxy groups -OCH3 is 1. The fraction of sp³-hybridized carbons (Fsp3) is 0.188. The summed E-state index contributed by atoms with van der Waals surface area (Å²) in [5.74, 6) is 0.593. The van der Waals surface area contributed by atoms with Crippen LogP contribution in [-0.2, 0) is 12.7 Å². The Morgan fingerprint density at radius 3 is 2.58 bits per heavy atom. The predicted molar refractivity (Wildman–Crippen MR) is 85.3 cm³/mol. The summed E-state index contributed by atoms with van der Waals surface area (Å²) in [5, 5.41) is 4.85. The molecule has 24 heavy (non-hydrogen) atoms. The zero-order valence-corrected chi connectivity index (χ0v) is 13.3. The van der Waals surface area contributed by atoms with Crippen molar-refractivity contribution in [3.8, 4) is 5.75 Å². The molecule has 0 bridgehead atoms. The molecule has 0 aliphatic rings. The fourth-order valence-electron chi connectivity index (χ4n) is 1.99. The average molecular weight is 359 g/mol. The van der Waals surface area contributed by atoms with Crippen LogP contribution in [-0.4, -0.2) is 13.1 Å². The molecule has 8 heteroatoms. The van der Waals surface area contributed by atoms with E-state index in [1.807, 2.05) is 0 Å². The minimum absolute atomic E-state index is 0.00967. The van der Waals surface area contributed by atoms with Gasteiger partial charge in [0.25, 0.3) is 0 Å². The average Bonchev–Trinajstić information content (AvgIpc) is 2.54. The highest BCUT2D eigenvalue weighted by atomic mass is 35.5. The second-order valence-corrected chi connectivity index (χ2v) is 5.22. The lowest BCUT2D eigenvalue weighted by Crippen LogP contribution is -2.28. The van der Waals surface area contributed by atoms with Crippen molar-refractivity contribution >= 4 is 23.3 Å². The zero-order chi connectivity index (χ0) is 17.7. The first-order chi connectivity index (χ1) is 11.3. The summed E-state index contributed by atoms with van der Waals surface area (Å²) in [5.41, 5.74) is -0.291. The van der Waals surface area contributed by atoms with E-state index in [1.165, 1.54) is 7.11 Å². The maximum atomic E-state index is 12.7. The Hall–Kier alpha value is -2.41. The molecule has 128 valence electrons. The van der Waals surface area contributed by atoms with Crippen molar-refractivity contribution in [2.45, 2.75) is 12.7 Å². The largest absolute Gasteiger partial charge is 0.496 e. The number of halogens is 4. The van der Waals surface area contributed by atoms with Crippen LogP contribution in [0.3, 0.4) is 0 Å². The van der Waals surface area contributed by atoms with Crippen LogP contribution in [0.2, 0.25) is 5.02 Å². The Bertz CT molecular complexity index is 736. The molecule has 0 aliphatic carbocycles. The lowest BCUT2D eigenvalue weighted by molar-refractivity contribution is -0.137. The van der Waals surface area contributed by atoms with Gasteiger partial charge in [-0.3, -0.25) is 0 Å². The first-order valence-corrected chi connectivity index (χ1v) is 7.22. The maximum absolute atomic E-state index is 12.7.